The average molecular weight is 578 g/mol. The maximum atomic E-state index is 13.6. The summed E-state index contributed by atoms with van der Waals surface area (Å²) < 4.78 is 71.3. The first-order chi connectivity index (χ1) is 17.3. The van der Waals surface area contributed by atoms with Crippen molar-refractivity contribution in [3.63, 3.8) is 0 Å². The van der Waals surface area contributed by atoms with Crippen molar-refractivity contribution in [2.45, 2.75) is 52.0 Å². The van der Waals surface area contributed by atoms with Gasteiger partial charge in [-0.2, -0.15) is 13.2 Å². The van der Waals surface area contributed by atoms with Gasteiger partial charge in [0.05, 0.1) is 29.6 Å². The van der Waals surface area contributed by atoms with Crippen LogP contribution in [-0.4, -0.2) is 56.6 Å². The molecular formula is C25H31ClF3N3O5S. The van der Waals surface area contributed by atoms with Crippen LogP contribution in [0.3, 0.4) is 0 Å². The molecule has 13 heteroatoms. The van der Waals surface area contributed by atoms with E-state index in [-0.39, 0.29) is 6.54 Å². The Morgan fingerprint density at radius 2 is 1.74 bits per heavy atom. The highest BCUT2D eigenvalue weighted by molar-refractivity contribution is 7.92. The molecule has 2 aromatic carbocycles. The Labute approximate surface area is 225 Å². The summed E-state index contributed by atoms with van der Waals surface area (Å²) in [5.74, 6) is -0.802. The molecule has 38 heavy (non-hydrogen) atoms. The van der Waals surface area contributed by atoms with Crippen LogP contribution in [0.1, 0.15) is 38.8 Å². The number of methoxy groups -OCH3 is 1. The highest BCUT2D eigenvalue weighted by atomic mass is 35.5. The van der Waals surface area contributed by atoms with Crippen LogP contribution < -0.4 is 14.4 Å². The number of carbonyl (C=O) groups excluding carboxylic acids is 2. The van der Waals surface area contributed by atoms with Gasteiger partial charge in [0.25, 0.3) is 0 Å². The zero-order chi connectivity index (χ0) is 29.1. The van der Waals surface area contributed by atoms with E-state index in [1.165, 1.54) is 14.0 Å². The van der Waals surface area contributed by atoms with Gasteiger partial charge in [-0.25, -0.2) is 8.42 Å². The fraction of sp³-hybridized carbons (Fsp3) is 0.440. The largest absolute Gasteiger partial charge is 0.497 e. The van der Waals surface area contributed by atoms with E-state index >= 15 is 0 Å². The number of ether oxygens (including phenoxy) is 1. The van der Waals surface area contributed by atoms with Crippen molar-refractivity contribution >= 4 is 39.1 Å². The fourth-order valence-corrected chi connectivity index (χ4v) is 4.59. The standard InChI is InChI=1S/C25H31ClF3N3O5S/c1-16(23(34)30-24(2,3)4)31(14-17-8-7-9-19(12-17)37-5)22(33)15-32(38(6,35)36)18-10-11-21(26)20(13-18)25(27,28)29/h7-13,16H,14-15H2,1-6H3,(H,30,34). The average Bonchev–Trinajstić information content (AvgIpc) is 2.78. The Hall–Kier alpha value is -2.99. The molecule has 8 nitrogen and oxygen atoms in total. The maximum absolute atomic E-state index is 13.6. The predicted molar refractivity (Wildman–Crippen MR) is 140 cm³/mol. The van der Waals surface area contributed by atoms with E-state index in [9.17, 15) is 31.2 Å². The lowest BCUT2D eigenvalue weighted by atomic mass is 10.1. The number of nitrogens with zero attached hydrogens (tertiary/aromatic N) is 2. The smallest absolute Gasteiger partial charge is 0.417 e. The number of halogens is 4. The first-order valence-electron chi connectivity index (χ1n) is 11.4. The van der Waals surface area contributed by atoms with Crippen LogP contribution in [-0.2, 0) is 32.3 Å². The second kappa shape index (κ2) is 11.8. The Morgan fingerprint density at radius 3 is 2.26 bits per heavy atom. The molecule has 0 aliphatic rings. The van der Waals surface area contributed by atoms with Crippen molar-refractivity contribution < 1.29 is 35.9 Å². The monoisotopic (exact) mass is 577 g/mol. The molecule has 210 valence electrons. The Kier molecular flexibility index (Phi) is 9.71. The van der Waals surface area contributed by atoms with Crippen LogP contribution in [0.4, 0.5) is 18.9 Å². The minimum Gasteiger partial charge on any atom is -0.497 e. The summed E-state index contributed by atoms with van der Waals surface area (Å²) in [5, 5.41) is 2.16. The summed E-state index contributed by atoms with van der Waals surface area (Å²) in [6, 6.07) is 8.23. The van der Waals surface area contributed by atoms with Crippen LogP contribution in [0.25, 0.3) is 0 Å². The number of rotatable bonds is 9. The van der Waals surface area contributed by atoms with Crippen LogP contribution in [0.15, 0.2) is 42.5 Å². The lowest BCUT2D eigenvalue weighted by Crippen LogP contribution is -2.54. The van der Waals surface area contributed by atoms with Crippen molar-refractivity contribution in [2.75, 3.05) is 24.2 Å². The van der Waals surface area contributed by atoms with E-state index in [1.807, 2.05) is 0 Å². The molecule has 0 aliphatic carbocycles. The second-order valence-corrected chi connectivity index (χ2v) is 12.0. The summed E-state index contributed by atoms with van der Waals surface area (Å²) in [6.45, 7) is 5.81. The van der Waals surface area contributed by atoms with Crippen molar-refractivity contribution in [1.82, 2.24) is 10.2 Å². The number of hydrogen-bond acceptors (Lipinski definition) is 5. The van der Waals surface area contributed by atoms with Crippen molar-refractivity contribution in [3.8, 4) is 5.75 Å². The normalized spacial score (nSPS) is 13.0. The third kappa shape index (κ3) is 8.52. The van der Waals surface area contributed by atoms with E-state index in [2.05, 4.69) is 5.32 Å². The summed E-state index contributed by atoms with van der Waals surface area (Å²) in [4.78, 5) is 27.7. The molecule has 2 amide bonds. The highest BCUT2D eigenvalue weighted by Gasteiger charge is 2.36. The van der Waals surface area contributed by atoms with Gasteiger partial charge in [0, 0.05) is 12.1 Å². The molecular weight excluding hydrogens is 547 g/mol. The first-order valence-corrected chi connectivity index (χ1v) is 13.6. The van der Waals surface area contributed by atoms with Crippen LogP contribution in [0.5, 0.6) is 5.75 Å². The van der Waals surface area contributed by atoms with Gasteiger partial charge < -0.3 is 15.0 Å². The van der Waals surface area contributed by atoms with Gasteiger partial charge in [-0.3, -0.25) is 13.9 Å². The Morgan fingerprint density at radius 1 is 1.11 bits per heavy atom. The fourth-order valence-electron chi connectivity index (χ4n) is 3.52. The zero-order valence-corrected chi connectivity index (χ0v) is 23.5. The molecule has 0 saturated heterocycles. The minimum absolute atomic E-state index is 0.0964. The molecule has 2 rings (SSSR count). The highest BCUT2D eigenvalue weighted by Crippen LogP contribution is 2.37. The summed E-state index contributed by atoms with van der Waals surface area (Å²) in [6.07, 6.45) is -4.08. The zero-order valence-electron chi connectivity index (χ0n) is 21.9. The van der Waals surface area contributed by atoms with Crippen LogP contribution >= 0.6 is 11.6 Å². The maximum Gasteiger partial charge on any atom is 0.417 e. The van der Waals surface area contributed by atoms with E-state index in [4.69, 9.17) is 16.3 Å². The quantitative estimate of drug-likeness (QED) is 0.475. The molecule has 0 radical (unpaired) electrons. The van der Waals surface area contributed by atoms with Crippen molar-refractivity contribution in [2.24, 2.45) is 0 Å². The molecule has 0 fully saturated rings. The third-order valence-corrected chi connectivity index (χ3v) is 6.85. The minimum atomic E-state index is -4.85. The van der Waals surface area contributed by atoms with E-state index in [0.717, 1.165) is 23.3 Å². The molecule has 0 aromatic heterocycles. The Balaban J connectivity index is 2.51. The molecule has 0 aliphatic heterocycles. The van der Waals surface area contributed by atoms with Gasteiger partial charge >= 0.3 is 6.18 Å². The van der Waals surface area contributed by atoms with Crippen molar-refractivity contribution in [3.05, 3.63) is 58.6 Å². The van der Waals surface area contributed by atoms with Crippen LogP contribution in [0.2, 0.25) is 5.02 Å². The molecule has 0 bridgehead atoms. The predicted octanol–water partition coefficient (Wildman–Crippen LogP) is 4.47. The summed E-state index contributed by atoms with van der Waals surface area (Å²) in [5.41, 5.74) is -1.67. The van der Waals surface area contributed by atoms with Gasteiger partial charge in [-0.15, -0.1) is 0 Å². The lowest BCUT2D eigenvalue weighted by Gasteiger charge is -2.33. The van der Waals surface area contributed by atoms with E-state index < -0.39 is 62.4 Å². The summed E-state index contributed by atoms with van der Waals surface area (Å²) in [7, 11) is -2.76. The van der Waals surface area contributed by atoms with E-state index in [1.54, 1.807) is 45.0 Å². The molecule has 0 saturated carbocycles. The van der Waals surface area contributed by atoms with Gasteiger partial charge in [-0.1, -0.05) is 23.7 Å². The number of sulfonamides is 1. The van der Waals surface area contributed by atoms with E-state index in [0.29, 0.717) is 21.7 Å². The molecule has 2 aromatic rings. The van der Waals surface area contributed by atoms with Gasteiger partial charge in [0.2, 0.25) is 21.8 Å². The molecule has 1 atom stereocenters. The molecule has 1 unspecified atom stereocenters. The number of carbonyl (C=O) groups is 2. The lowest BCUT2D eigenvalue weighted by molar-refractivity contribution is -0.140. The first kappa shape index (κ1) is 31.2. The van der Waals surface area contributed by atoms with Crippen molar-refractivity contribution in [1.29, 1.82) is 0 Å². The van der Waals surface area contributed by atoms with Gasteiger partial charge in [0.1, 0.15) is 18.3 Å². The number of nitrogens with one attached hydrogen (secondary N) is 1. The number of hydrogen-bond donors (Lipinski definition) is 1. The van der Waals surface area contributed by atoms with Gasteiger partial charge in [-0.05, 0) is 63.6 Å². The topological polar surface area (TPSA) is 96.0 Å². The number of benzene rings is 2. The third-order valence-electron chi connectivity index (χ3n) is 5.38. The number of alkyl halides is 3. The number of amides is 2. The SMILES string of the molecule is COc1cccc(CN(C(=O)CN(c2ccc(Cl)c(C(F)(F)F)c2)S(C)(=O)=O)C(C)C(=O)NC(C)(C)C)c1. The molecule has 1 N–H and O–H groups in total. The molecule has 0 heterocycles. The number of anilines is 1. The molecule has 0 spiro atoms. The Bertz CT molecular complexity index is 1280. The summed E-state index contributed by atoms with van der Waals surface area (Å²) >= 11 is 5.68. The van der Waals surface area contributed by atoms with Crippen LogP contribution in [0, 0.1) is 0 Å². The second-order valence-electron chi connectivity index (χ2n) is 9.72. The van der Waals surface area contributed by atoms with Gasteiger partial charge in [0.15, 0.2) is 0 Å².